The summed E-state index contributed by atoms with van der Waals surface area (Å²) >= 11 is 0. The number of aryl methyl sites for hydroxylation is 2. The molecule has 0 atom stereocenters. The van der Waals surface area contributed by atoms with E-state index in [-0.39, 0.29) is 0 Å². The van der Waals surface area contributed by atoms with Crippen molar-refractivity contribution in [2.45, 2.75) is 13.8 Å². The zero-order valence-electron chi connectivity index (χ0n) is 11.1. The van der Waals surface area contributed by atoms with Crippen LogP contribution in [-0.4, -0.2) is 26.0 Å². The fourth-order valence-corrected chi connectivity index (χ4v) is 2.01. The molecule has 6 heteroatoms. The first kappa shape index (κ1) is 12.3. The lowest BCUT2D eigenvalue weighted by molar-refractivity contribution is 0.112. The van der Waals surface area contributed by atoms with Crippen molar-refractivity contribution in [2.75, 3.05) is 0 Å². The normalized spacial score (nSPS) is 10.7. The Balaban J connectivity index is 2.14. The molecule has 3 rings (SSSR count). The molecule has 6 nitrogen and oxygen atoms in total. The summed E-state index contributed by atoms with van der Waals surface area (Å²) in [6.45, 7) is 3.78. The fourth-order valence-electron chi connectivity index (χ4n) is 2.01. The van der Waals surface area contributed by atoms with E-state index in [4.69, 9.17) is 4.42 Å². The fraction of sp³-hybridized carbons (Fsp3) is 0.143. The van der Waals surface area contributed by atoms with Gasteiger partial charge in [-0.1, -0.05) is 0 Å². The van der Waals surface area contributed by atoms with Gasteiger partial charge in [0, 0.05) is 23.1 Å². The molecule has 0 saturated carbocycles. The largest absolute Gasteiger partial charge is 0.472 e. The molecule has 0 radical (unpaired) electrons. The highest BCUT2D eigenvalue weighted by atomic mass is 16.3. The van der Waals surface area contributed by atoms with Crippen LogP contribution in [0.2, 0.25) is 0 Å². The van der Waals surface area contributed by atoms with Crippen LogP contribution < -0.4 is 0 Å². The first-order valence-corrected chi connectivity index (χ1v) is 6.07. The predicted molar refractivity (Wildman–Crippen MR) is 71.7 cm³/mol. The average Bonchev–Trinajstić information content (AvgIpc) is 3.06. The highest BCUT2D eigenvalue weighted by Gasteiger charge is 2.14. The van der Waals surface area contributed by atoms with Crippen LogP contribution in [0.4, 0.5) is 0 Å². The third-order valence-corrected chi connectivity index (χ3v) is 2.84. The molecule has 3 aromatic heterocycles. The van der Waals surface area contributed by atoms with Gasteiger partial charge in [0.2, 0.25) is 0 Å². The molecule has 0 aromatic carbocycles. The Bertz CT molecular complexity index is 739. The summed E-state index contributed by atoms with van der Waals surface area (Å²) in [6, 6.07) is 3.63. The molecular weight excluding hydrogens is 256 g/mol. The van der Waals surface area contributed by atoms with Crippen LogP contribution in [-0.2, 0) is 0 Å². The van der Waals surface area contributed by atoms with E-state index in [0.29, 0.717) is 17.2 Å². The zero-order chi connectivity index (χ0) is 14.1. The first-order chi connectivity index (χ1) is 9.67. The molecule has 3 heterocycles. The molecule has 0 bridgehead atoms. The highest BCUT2D eigenvalue weighted by molar-refractivity contribution is 5.85. The molecule has 0 aliphatic heterocycles. The lowest BCUT2D eigenvalue weighted by Crippen LogP contribution is -2.04. The predicted octanol–water partition coefficient (Wildman–Crippen LogP) is 2.35. The van der Waals surface area contributed by atoms with E-state index in [2.05, 4.69) is 15.1 Å². The van der Waals surface area contributed by atoms with Gasteiger partial charge in [-0.25, -0.2) is 14.6 Å². The van der Waals surface area contributed by atoms with Crippen LogP contribution in [0.15, 0.2) is 35.3 Å². The molecular formula is C14H12N4O2. The summed E-state index contributed by atoms with van der Waals surface area (Å²) in [7, 11) is 0. The number of carbonyl (C=O) groups excluding carboxylic acids is 1. The van der Waals surface area contributed by atoms with Crippen LogP contribution in [0.5, 0.6) is 0 Å². The highest BCUT2D eigenvalue weighted by Crippen LogP contribution is 2.22. The minimum Gasteiger partial charge on any atom is -0.472 e. The number of furan rings is 1. The van der Waals surface area contributed by atoms with Crippen LogP contribution in [0.25, 0.3) is 17.2 Å². The minimum absolute atomic E-state index is 0.445. The lowest BCUT2D eigenvalue weighted by Gasteiger charge is -2.02. The molecule has 0 spiro atoms. The van der Waals surface area contributed by atoms with E-state index >= 15 is 0 Å². The standard InChI is InChI=1S/C14H12N4O2/c1-9-5-10(2)16-14(15-9)18-6-12(7-19)13(17-18)11-3-4-20-8-11/h3-8H,1-2H3. The van der Waals surface area contributed by atoms with Gasteiger partial charge in [-0.15, -0.1) is 0 Å². The Morgan fingerprint density at radius 1 is 1.25 bits per heavy atom. The van der Waals surface area contributed by atoms with Gasteiger partial charge < -0.3 is 4.42 Å². The van der Waals surface area contributed by atoms with Crippen molar-refractivity contribution in [3.05, 3.63) is 47.8 Å². The quantitative estimate of drug-likeness (QED) is 0.682. The number of rotatable bonds is 3. The SMILES string of the molecule is Cc1cc(C)nc(-n2cc(C=O)c(-c3ccoc3)n2)n1. The monoisotopic (exact) mass is 268 g/mol. The molecule has 0 N–H and O–H groups in total. The number of carbonyl (C=O) groups is 1. The second kappa shape index (κ2) is 4.73. The van der Waals surface area contributed by atoms with Crippen LogP contribution >= 0.6 is 0 Å². The number of aldehydes is 1. The average molecular weight is 268 g/mol. The maximum absolute atomic E-state index is 11.2. The summed E-state index contributed by atoms with van der Waals surface area (Å²) < 4.78 is 6.53. The lowest BCUT2D eigenvalue weighted by atomic mass is 10.2. The second-order valence-corrected chi connectivity index (χ2v) is 4.46. The van der Waals surface area contributed by atoms with E-state index in [0.717, 1.165) is 23.2 Å². The number of nitrogens with zero attached hydrogens (tertiary/aromatic N) is 4. The van der Waals surface area contributed by atoms with Crippen LogP contribution in [0, 0.1) is 13.8 Å². The first-order valence-electron chi connectivity index (χ1n) is 6.07. The minimum atomic E-state index is 0.445. The Labute approximate surface area is 115 Å². The molecule has 0 saturated heterocycles. The van der Waals surface area contributed by atoms with Gasteiger partial charge in [-0.2, -0.15) is 5.10 Å². The zero-order valence-corrected chi connectivity index (χ0v) is 11.1. The van der Waals surface area contributed by atoms with Gasteiger partial charge in [-0.3, -0.25) is 4.79 Å². The third kappa shape index (κ3) is 2.11. The molecule has 20 heavy (non-hydrogen) atoms. The summed E-state index contributed by atoms with van der Waals surface area (Å²) in [5, 5.41) is 4.38. The van der Waals surface area contributed by atoms with E-state index in [1.165, 1.54) is 10.9 Å². The molecule has 100 valence electrons. The van der Waals surface area contributed by atoms with Crippen LogP contribution in [0.3, 0.4) is 0 Å². The van der Waals surface area contributed by atoms with E-state index in [1.54, 1.807) is 18.5 Å². The molecule has 0 fully saturated rings. The van der Waals surface area contributed by atoms with Gasteiger partial charge >= 0.3 is 0 Å². The Morgan fingerprint density at radius 3 is 2.60 bits per heavy atom. The van der Waals surface area contributed by atoms with Crippen molar-refractivity contribution >= 4 is 6.29 Å². The molecule has 3 aromatic rings. The summed E-state index contributed by atoms with van der Waals surface area (Å²) in [5.74, 6) is 0.445. The van der Waals surface area contributed by atoms with Crippen molar-refractivity contribution < 1.29 is 9.21 Å². The van der Waals surface area contributed by atoms with Crippen LogP contribution in [0.1, 0.15) is 21.7 Å². The number of hydrogen-bond donors (Lipinski definition) is 0. The van der Waals surface area contributed by atoms with Gasteiger partial charge in [-0.05, 0) is 26.0 Å². The maximum Gasteiger partial charge on any atom is 0.250 e. The summed E-state index contributed by atoms with van der Waals surface area (Å²) in [6.07, 6.45) is 5.45. The number of hydrogen-bond acceptors (Lipinski definition) is 5. The third-order valence-electron chi connectivity index (χ3n) is 2.84. The maximum atomic E-state index is 11.2. The Morgan fingerprint density at radius 2 is 2.00 bits per heavy atom. The second-order valence-electron chi connectivity index (χ2n) is 4.46. The molecule has 0 aliphatic carbocycles. The van der Waals surface area contributed by atoms with E-state index in [1.807, 2.05) is 19.9 Å². The number of aromatic nitrogens is 4. The topological polar surface area (TPSA) is 73.8 Å². The summed E-state index contributed by atoms with van der Waals surface area (Å²) in [5.41, 5.74) is 3.46. The van der Waals surface area contributed by atoms with Gasteiger partial charge in [0.15, 0.2) is 6.29 Å². The van der Waals surface area contributed by atoms with Crippen molar-refractivity contribution in [3.63, 3.8) is 0 Å². The molecule has 0 unspecified atom stereocenters. The van der Waals surface area contributed by atoms with Crippen molar-refractivity contribution in [1.29, 1.82) is 0 Å². The van der Waals surface area contributed by atoms with Gasteiger partial charge in [0.1, 0.15) is 5.69 Å². The molecule has 0 amide bonds. The summed E-state index contributed by atoms with van der Waals surface area (Å²) in [4.78, 5) is 19.8. The van der Waals surface area contributed by atoms with Crippen molar-refractivity contribution in [3.8, 4) is 17.2 Å². The van der Waals surface area contributed by atoms with E-state index in [9.17, 15) is 4.79 Å². The van der Waals surface area contributed by atoms with Gasteiger partial charge in [0.25, 0.3) is 5.95 Å². The van der Waals surface area contributed by atoms with Crippen molar-refractivity contribution in [2.24, 2.45) is 0 Å². The molecule has 0 aliphatic rings. The Kier molecular flexibility index (Phi) is 2.90. The smallest absolute Gasteiger partial charge is 0.250 e. The van der Waals surface area contributed by atoms with Crippen molar-refractivity contribution in [1.82, 2.24) is 19.7 Å². The van der Waals surface area contributed by atoms with Gasteiger partial charge in [0.05, 0.1) is 18.1 Å². The van der Waals surface area contributed by atoms with E-state index < -0.39 is 0 Å². The Hall–Kier alpha value is -2.76.